The summed E-state index contributed by atoms with van der Waals surface area (Å²) < 4.78 is 0. The number of rotatable bonds is 6. The van der Waals surface area contributed by atoms with Crippen LogP contribution < -0.4 is 16.4 Å². The summed E-state index contributed by atoms with van der Waals surface area (Å²) in [4.78, 5) is 24.8. The molecule has 1 aromatic carbocycles. The van der Waals surface area contributed by atoms with E-state index in [1.807, 2.05) is 0 Å². The monoisotopic (exact) mass is 332 g/mol. The van der Waals surface area contributed by atoms with Gasteiger partial charge in [-0.15, -0.1) is 0 Å². The van der Waals surface area contributed by atoms with Crippen molar-refractivity contribution in [1.82, 2.24) is 10.2 Å². The second-order valence-corrected chi connectivity index (χ2v) is 5.40. The van der Waals surface area contributed by atoms with Gasteiger partial charge >= 0.3 is 0 Å². The quantitative estimate of drug-likeness (QED) is 0.690. The van der Waals surface area contributed by atoms with Crippen molar-refractivity contribution in [2.45, 2.75) is 6.42 Å². The lowest BCUT2D eigenvalue weighted by Gasteiger charge is -2.16. The molecule has 0 bridgehead atoms. The molecule has 116 valence electrons. The molecule has 0 radical (unpaired) electrons. The van der Waals surface area contributed by atoms with E-state index in [2.05, 4.69) is 10.6 Å². The second kappa shape index (κ2) is 8.07. The predicted octanol–water partition coefficient (Wildman–Crippen LogP) is 1.58. The van der Waals surface area contributed by atoms with E-state index < -0.39 is 0 Å². The second-order valence-electron chi connectivity index (χ2n) is 4.56. The number of carbonyl (C=O) groups excluding carboxylic acids is 2. The van der Waals surface area contributed by atoms with Crippen LogP contribution in [0.2, 0.25) is 10.0 Å². The molecule has 1 rings (SSSR count). The molecule has 0 saturated heterocycles. The van der Waals surface area contributed by atoms with E-state index in [4.69, 9.17) is 28.9 Å². The molecule has 0 saturated carbocycles. The van der Waals surface area contributed by atoms with Crippen molar-refractivity contribution in [3.05, 3.63) is 22.2 Å². The third-order valence-corrected chi connectivity index (χ3v) is 3.28. The number of nitrogens with one attached hydrogen (secondary N) is 2. The predicted molar refractivity (Wildman–Crippen MR) is 85.7 cm³/mol. The smallest absolute Gasteiger partial charge is 0.233 e. The maximum absolute atomic E-state index is 11.9. The minimum Gasteiger partial charge on any atom is -0.397 e. The van der Waals surface area contributed by atoms with Gasteiger partial charge in [0.1, 0.15) is 0 Å². The molecule has 0 aliphatic carbocycles. The highest BCUT2D eigenvalue weighted by Gasteiger charge is 2.12. The van der Waals surface area contributed by atoms with Gasteiger partial charge in [0, 0.05) is 25.0 Å². The van der Waals surface area contributed by atoms with Crippen LogP contribution in [0.3, 0.4) is 0 Å². The van der Waals surface area contributed by atoms with E-state index in [1.54, 1.807) is 19.0 Å². The summed E-state index contributed by atoms with van der Waals surface area (Å²) in [7, 11) is 3.32. The van der Waals surface area contributed by atoms with Gasteiger partial charge in [-0.25, -0.2) is 0 Å². The Morgan fingerprint density at radius 1 is 1.29 bits per heavy atom. The largest absolute Gasteiger partial charge is 0.397 e. The maximum Gasteiger partial charge on any atom is 0.233 e. The first-order valence-electron chi connectivity index (χ1n) is 6.27. The third-order valence-electron chi connectivity index (χ3n) is 2.76. The minimum atomic E-state index is -0.241. The van der Waals surface area contributed by atoms with Crippen molar-refractivity contribution in [3.63, 3.8) is 0 Å². The van der Waals surface area contributed by atoms with Crippen LogP contribution in [0, 0.1) is 0 Å². The van der Waals surface area contributed by atoms with Crippen LogP contribution in [0.1, 0.15) is 6.42 Å². The van der Waals surface area contributed by atoms with Crippen molar-refractivity contribution >= 4 is 46.4 Å². The first kappa shape index (κ1) is 17.6. The highest BCUT2D eigenvalue weighted by atomic mass is 35.5. The lowest BCUT2D eigenvalue weighted by molar-refractivity contribution is -0.122. The Labute approximate surface area is 133 Å². The fourth-order valence-corrected chi connectivity index (χ4v) is 2.18. The van der Waals surface area contributed by atoms with E-state index >= 15 is 0 Å². The first-order valence-corrected chi connectivity index (χ1v) is 7.02. The lowest BCUT2D eigenvalue weighted by atomic mass is 10.2. The molecule has 0 fully saturated rings. The van der Waals surface area contributed by atoms with Gasteiger partial charge in [-0.2, -0.15) is 0 Å². The number of hydrogen-bond acceptors (Lipinski definition) is 4. The number of nitrogens with two attached hydrogens (primary N) is 1. The third kappa shape index (κ3) is 5.79. The Balaban J connectivity index is 2.53. The summed E-state index contributed by atoms with van der Waals surface area (Å²) in [5, 5.41) is 5.85. The summed E-state index contributed by atoms with van der Waals surface area (Å²) in [6.07, 6.45) is 0.214. The SMILES string of the molecule is CNC(=O)CN(C)CCC(=O)Nc1c(N)cc(Cl)cc1Cl. The first-order chi connectivity index (χ1) is 9.83. The zero-order chi connectivity index (χ0) is 16.0. The van der Waals surface area contributed by atoms with Gasteiger partial charge in [-0.05, 0) is 19.2 Å². The Bertz CT molecular complexity index is 514. The highest BCUT2D eigenvalue weighted by molar-refractivity contribution is 6.37. The number of halogens is 2. The Kier molecular flexibility index (Phi) is 6.74. The van der Waals surface area contributed by atoms with Crippen LogP contribution in [-0.4, -0.2) is 43.9 Å². The zero-order valence-electron chi connectivity index (χ0n) is 11.9. The molecule has 0 spiro atoms. The van der Waals surface area contributed by atoms with Gasteiger partial charge in [0.2, 0.25) is 11.8 Å². The van der Waals surface area contributed by atoms with Gasteiger partial charge in [-0.1, -0.05) is 23.2 Å². The minimum absolute atomic E-state index is 0.108. The number of benzene rings is 1. The van der Waals surface area contributed by atoms with E-state index in [0.29, 0.717) is 22.9 Å². The Hall–Kier alpha value is -1.50. The van der Waals surface area contributed by atoms with Crippen molar-refractivity contribution in [2.24, 2.45) is 0 Å². The standard InChI is InChI=1S/C13H18Cl2N4O2/c1-17-12(21)7-19(2)4-3-11(20)18-13-9(15)5-8(14)6-10(13)16/h5-6H,3-4,7,16H2,1-2H3,(H,17,21)(H,18,20). The van der Waals surface area contributed by atoms with Crippen LogP contribution in [0.5, 0.6) is 0 Å². The van der Waals surface area contributed by atoms with Crippen LogP contribution in [-0.2, 0) is 9.59 Å². The van der Waals surface area contributed by atoms with Gasteiger partial charge in [0.25, 0.3) is 0 Å². The molecular formula is C13H18Cl2N4O2. The van der Waals surface area contributed by atoms with Gasteiger partial charge < -0.3 is 16.4 Å². The van der Waals surface area contributed by atoms with E-state index in [0.717, 1.165) is 0 Å². The molecule has 0 aromatic heterocycles. The van der Waals surface area contributed by atoms with Crippen molar-refractivity contribution in [2.75, 3.05) is 38.2 Å². The molecule has 0 unspecified atom stereocenters. The van der Waals surface area contributed by atoms with Gasteiger partial charge in [-0.3, -0.25) is 14.5 Å². The topological polar surface area (TPSA) is 87.5 Å². The van der Waals surface area contributed by atoms with Crippen LogP contribution in [0.15, 0.2) is 12.1 Å². The maximum atomic E-state index is 11.9. The number of anilines is 2. The number of likely N-dealkylation sites (N-methyl/N-ethyl adjacent to an activating group) is 2. The number of hydrogen-bond donors (Lipinski definition) is 3. The summed E-state index contributed by atoms with van der Waals surface area (Å²) in [6, 6.07) is 3.02. The van der Waals surface area contributed by atoms with Crippen LogP contribution >= 0.6 is 23.2 Å². The van der Waals surface area contributed by atoms with Gasteiger partial charge in [0.05, 0.1) is 22.9 Å². The number of nitrogens with zero attached hydrogens (tertiary/aromatic N) is 1. The van der Waals surface area contributed by atoms with E-state index in [1.165, 1.54) is 12.1 Å². The number of amides is 2. The van der Waals surface area contributed by atoms with Crippen LogP contribution in [0.25, 0.3) is 0 Å². The zero-order valence-corrected chi connectivity index (χ0v) is 13.4. The Morgan fingerprint density at radius 2 is 1.95 bits per heavy atom. The van der Waals surface area contributed by atoms with Crippen molar-refractivity contribution in [1.29, 1.82) is 0 Å². The van der Waals surface area contributed by atoms with E-state index in [-0.39, 0.29) is 29.8 Å². The summed E-state index contributed by atoms with van der Waals surface area (Å²) in [6.45, 7) is 0.665. The molecule has 0 aliphatic rings. The number of carbonyl (C=O) groups is 2. The Morgan fingerprint density at radius 3 is 2.52 bits per heavy atom. The average molecular weight is 333 g/mol. The van der Waals surface area contributed by atoms with Gasteiger partial charge in [0.15, 0.2) is 0 Å². The molecule has 6 nitrogen and oxygen atoms in total. The fourth-order valence-electron chi connectivity index (χ4n) is 1.62. The normalized spacial score (nSPS) is 10.5. The van der Waals surface area contributed by atoms with Crippen LogP contribution in [0.4, 0.5) is 11.4 Å². The molecule has 8 heteroatoms. The molecule has 4 N–H and O–H groups in total. The summed E-state index contributed by atoms with van der Waals surface area (Å²) in [5.74, 6) is -0.349. The average Bonchev–Trinajstić information content (AvgIpc) is 2.40. The highest BCUT2D eigenvalue weighted by Crippen LogP contribution is 2.32. The number of nitrogen functional groups attached to an aromatic ring is 1. The molecule has 0 heterocycles. The lowest BCUT2D eigenvalue weighted by Crippen LogP contribution is -2.34. The summed E-state index contributed by atoms with van der Waals surface area (Å²) in [5.41, 5.74) is 6.42. The molecule has 2 amide bonds. The summed E-state index contributed by atoms with van der Waals surface area (Å²) >= 11 is 11.8. The fraction of sp³-hybridized carbons (Fsp3) is 0.385. The van der Waals surface area contributed by atoms with Crippen molar-refractivity contribution < 1.29 is 9.59 Å². The molecular weight excluding hydrogens is 315 g/mol. The molecule has 1 aromatic rings. The molecule has 0 aliphatic heterocycles. The van der Waals surface area contributed by atoms with Crippen molar-refractivity contribution in [3.8, 4) is 0 Å². The molecule has 21 heavy (non-hydrogen) atoms. The molecule has 0 atom stereocenters. The van der Waals surface area contributed by atoms with E-state index in [9.17, 15) is 9.59 Å².